The molecule has 0 saturated heterocycles. The van der Waals surface area contributed by atoms with Crippen molar-refractivity contribution in [3.8, 4) is 0 Å². The average molecular weight is 418 g/mol. The Labute approximate surface area is 157 Å². The molecule has 0 spiro atoms. The second-order valence-corrected chi connectivity index (χ2v) is 8.40. The summed E-state index contributed by atoms with van der Waals surface area (Å²) in [6.45, 7) is 1.37. The molecule has 150 valence electrons. The highest BCUT2D eigenvalue weighted by Crippen LogP contribution is 3.02. The molecule has 3 aromatic rings. The monoisotopic (exact) mass is 418 g/mol. The molecule has 6 nitrogen and oxygen atoms in total. The van der Waals surface area contributed by atoms with Crippen LogP contribution in [0.25, 0.3) is 0 Å². The lowest BCUT2D eigenvalue weighted by molar-refractivity contribution is 0.364. The van der Waals surface area contributed by atoms with Gasteiger partial charge >= 0.3 is 10.2 Å². The Morgan fingerprint density at radius 3 is 2.36 bits per heavy atom. The third kappa shape index (κ3) is 4.44. The molecule has 0 radical (unpaired) electrons. The third-order valence-corrected chi connectivity index (χ3v) is 4.93. The number of benzene rings is 1. The van der Waals surface area contributed by atoms with Gasteiger partial charge in [-0.05, 0) is 48.9 Å². The van der Waals surface area contributed by atoms with Crippen molar-refractivity contribution < 1.29 is 19.4 Å². The Balaban J connectivity index is 2.11. The molecule has 0 aliphatic carbocycles. The number of nitrogens with two attached hydrogens (primary N) is 1. The van der Waals surface area contributed by atoms with E-state index in [9.17, 15) is 19.4 Å². The minimum Gasteiger partial charge on any atom is -0.368 e. The summed E-state index contributed by atoms with van der Waals surface area (Å²) >= 11 is 0. The fourth-order valence-electron chi connectivity index (χ4n) is 2.55. The van der Waals surface area contributed by atoms with Crippen LogP contribution in [-0.2, 0) is 6.54 Å². The van der Waals surface area contributed by atoms with E-state index in [2.05, 4.69) is 20.2 Å². The fourth-order valence-corrected chi connectivity index (χ4v) is 3.28. The molecule has 0 aliphatic heterocycles. The summed E-state index contributed by atoms with van der Waals surface area (Å²) in [5.74, 6) is 0.212. The molecule has 0 fully saturated rings. The molecule has 12 heteroatoms. The number of nitrogen functional groups attached to an aromatic ring is 1. The summed E-state index contributed by atoms with van der Waals surface area (Å²) < 4.78 is 65.6. The van der Waals surface area contributed by atoms with Crippen LogP contribution in [0.4, 0.5) is 36.9 Å². The summed E-state index contributed by atoms with van der Waals surface area (Å²) in [5.41, 5.74) is 6.29. The van der Waals surface area contributed by atoms with Crippen molar-refractivity contribution in [2.75, 3.05) is 10.6 Å². The minimum absolute atomic E-state index is 0.0215. The lowest BCUT2D eigenvalue weighted by Gasteiger charge is -2.41. The predicted molar refractivity (Wildman–Crippen MR) is 96.9 cm³/mol. The first-order valence-electron chi connectivity index (χ1n) is 7.81. The van der Waals surface area contributed by atoms with Crippen LogP contribution in [0.1, 0.15) is 11.3 Å². The molecule has 0 aliphatic rings. The van der Waals surface area contributed by atoms with Crippen LogP contribution >= 0.6 is 10.2 Å². The average Bonchev–Trinajstić information content (AvgIpc) is 2.59. The minimum atomic E-state index is -9.79. The number of halogens is 5. The zero-order chi connectivity index (χ0) is 20.6. The number of aryl methyl sites for hydroxylation is 1. The first kappa shape index (κ1) is 19.7. The van der Waals surface area contributed by atoms with Crippen LogP contribution in [0, 0.1) is 6.92 Å². The normalized spacial score (nSPS) is 14.2. The van der Waals surface area contributed by atoms with E-state index < -0.39 is 15.1 Å². The van der Waals surface area contributed by atoms with Crippen molar-refractivity contribution in [2.45, 2.75) is 18.4 Å². The Hall–Kier alpha value is -3.02. The van der Waals surface area contributed by atoms with Crippen LogP contribution in [0.3, 0.4) is 0 Å². The number of anilines is 3. The lowest BCUT2D eigenvalue weighted by atomic mass is 10.1. The Bertz CT molecular complexity index is 1010. The predicted octanol–water partition coefficient (Wildman–Crippen LogP) is 5.15. The molecule has 0 amide bonds. The highest BCUT2D eigenvalue weighted by Gasteiger charge is 2.65. The summed E-state index contributed by atoms with van der Waals surface area (Å²) in [4.78, 5) is 7.38. The van der Waals surface area contributed by atoms with Gasteiger partial charge in [0.15, 0.2) is 0 Å². The van der Waals surface area contributed by atoms with Crippen LogP contribution in [-0.4, -0.2) is 20.2 Å². The maximum atomic E-state index is 13.1. The van der Waals surface area contributed by atoms with Gasteiger partial charge in [0, 0.05) is 18.1 Å². The topological polar surface area (TPSA) is 80.8 Å². The molecular weight excluding hydrogens is 403 g/mol. The van der Waals surface area contributed by atoms with Crippen molar-refractivity contribution in [3.63, 3.8) is 0 Å². The van der Waals surface area contributed by atoms with Gasteiger partial charge in [0.1, 0.15) is 10.7 Å². The summed E-state index contributed by atoms with van der Waals surface area (Å²) in [6, 6.07) is 6.53. The Morgan fingerprint density at radius 1 is 1.04 bits per heavy atom. The van der Waals surface area contributed by atoms with E-state index in [1.165, 1.54) is 30.3 Å². The molecule has 0 atom stereocenters. The van der Waals surface area contributed by atoms with Crippen molar-refractivity contribution in [1.29, 1.82) is 0 Å². The number of nitrogens with zero attached hydrogens (tertiary/aromatic N) is 5. The number of hydrogen-bond donors (Lipinski definition) is 1. The van der Waals surface area contributed by atoms with Gasteiger partial charge in [-0.2, -0.15) is 15.2 Å². The molecule has 2 heterocycles. The number of rotatable bonds is 5. The quantitative estimate of drug-likeness (QED) is 0.577. The number of hydrogen-bond acceptors (Lipinski definition) is 6. The van der Waals surface area contributed by atoms with Gasteiger partial charge in [-0.3, -0.25) is 0 Å². The van der Waals surface area contributed by atoms with Crippen molar-refractivity contribution in [3.05, 3.63) is 60.0 Å². The van der Waals surface area contributed by atoms with E-state index in [0.29, 0.717) is 17.8 Å². The van der Waals surface area contributed by atoms with Gasteiger partial charge in [-0.1, -0.05) is 19.4 Å². The first-order chi connectivity index (χ1) is 12.8. The molecule has 0 unspecified atom stereocenters. The third-order valence-electron chi connectivity index (χ3n) is 3.79. The van der Waals surface area contributed by atoms with Crippen molar-refractivity contribution >= 4 is 27.7 Å². The Kier molecular flexibility index (Phi) is 4.22. The molecular formula is C16H15F5N6S. The van der Waals surface area contributed by atoms with Gasteiger partial charge < -0.3 is 10.6 Å². The second-order valence-electron chi connectivity index (χ2n) is 5.99. The highest BCUT2D eigenvalue weighted by molar-refractivity contribution is 8.45. The number of aromatic nitrogens is 4. The summed E-state index contributed by atoms with van der Waals surface area (Å²) in [6.07, 6.45) is 2.84. The lowest BCUT2D eigenvalue weighted by Crippen LogP contribution is -2.20. The Morgan fingerprint density at radius 2 is 1.79 bits per heavy atom. The van der Waals surface area contributed by atoms with Gasteiger partial charge in [0.25, 0.3) is 0 Å². The van der Waals surface area contributed by atoms with Crippen LogP contribution < -0.4 is 10.6 Å². The smallest absolute Gasteiger partial charge is 0.310 e. The second kappa shape index (κ2) is 5.99. The maximum absolute atomic E-state index is 13.1. The SMILES string of the molecule is Cc1cc(S(F)(F)(F)(F)F)ccc1N(Cc1cccnn1)c1ccnc(N)n1. The molecule has 3 rings (SSSR count). The van der Waals surface area contributed by atoms with Crippen molar-refractivity contribution in [1.82, 2.24) is 20.2 Å². The molecule has 0 saturated carbocycles. The van der Waals surface area contributed by atoms with Gasteiger partial charge in [-0.25, -0.2) is 4.98 Å². The van der Waals surface area contributed by atoms with E-state index in [-0.39, 0.29) is 29.6 Å². The molecule has 1 aromatic carbocycles. The van der Waals surface area contributed by atoms with E-state index >= 15 is 0 Å². The van der Waals surface area contributed by atoms with Crippen LogP contribution in [0.2, 0.25) is 0 Å². The van der Waals surface area contributed by atoms with E-state index in [0.717, 1.165) is 6.07 Å². The van der Waals surface area contributed by atoms with Gasteiger partial charge in [-0.15, -0.1) is 0 Å². The van der Waals surface area contributed by atoms with Crippen molar-refractivity contribution in [2.24, 2.45) is 0 Å². The summed E-state index contributed by atoms with van der Waals surface area (Å²) in [7, 11) is -9.79. The molecule has 2 aromatic heterocycles. The van der Waals surface area contributed by atoms with Gasteiger partial charge in [0.05, 0.1) is 12.2 Å². The molecule has 0 bridgehead atoms. The first-order valence-corrected chi connectivity index (χ1v) is 9.76. The fraction of sp³-hybridized carbons (Fsp3) is 0.125. The standard InChI is InChI=1S/C16H15F5N6S/c1-11-9-13(28(17,18,19,20)21)4-5-14(11)27(10-12-3-2-7-24-26-12)15-6-8-23-16(22)25-15/h2-9H,10H2,1H3,(H2,22,23,25). The molecule has 2 N–H and O–H groups in total. The summed E-state index contributed by atoms with van der Waals surface area (Å²) in [5, 5.41) is 7.69. The molecule has 28 heavy (non-hydrogen) atoms. The maximum Gasteiger partial charge on any atom is 0.310 e. The zero-order valence-electron chi connectivity index (χ0n) is 14.4. The highest BCUT2D eigenvalue weighted by atomic mass is 32.5. The van der Waals surface area contributed by atoms with Gasteiger partial charge in [0.2, 0.25) is 5.95 Å². The van der Waals surface area contributed by atoms with E-state index in [4.69, 9.17) is 5.73 Å². The largest absolute Gasteiger partial charge is 0.368 e. The van der Waals surface area contributed by atoms with Crippen LogP contribution in [0.15, 0.2) is 53.7 Å². The zero-order valence-corrected chi connectivity index (χ0v) is 15.3. The van der Waals surface area contributed by atoms with E-state index in [1.807, 2.05) is 0 Å². The van der Waals surface area contributed by atoms with E-state index in [1.54, 1.807) is 12.1 Å². The van der Waals surface area contributed by atoms with Crippen LogP contribution in [0.5, 0.6) is 0 Å².